The molecule has 0 unspecified atom stereocenters. The van der Waals surface area contributed by atoms with Gasteiger partial charge in [0.15, 0.2) is 0 Å². The van der Waals surface area contributed by atoms with Crippen molar-refractivity contribution in [3.8, 4) is 11.3 Å². The molecule has 3 aromatic rings. The van der Waals surface area contributed by atoms with Crippen LogP contribution in [0.5, 0.6) is 0 Å². The molecule has 0 aliphatic heterocycles. The highest BCUT2D eigenvalue weighted by Crippen LogP contribution is 2.33. The molecule has 26 heavy (non-hydrogen) atoms. The van der Waals surface area contributed by atoms with Crippen molar-refractivity contribution in [1.82, 2.24) is 25.0 Å². The summed E-state index contributed by atoms with van der Waals surface area (Å²) in [5.41, 5.74) is 3.27. The topological polar surface area (TPSA) is 88.5 Å². The van der Waals surface area contributed by atoms with Crippen LogP contribution < -0.4 is 5.32 Å². The van der Waals surface area contributed by atoms with Crippen LogP contribution in [0.2, 0.25) is 0 Å². The molecule has 2 N–H and O–H groups in total. The summed E-state index contributed by atoms with van der Waals surface area (Å²) in [6.45, 7) is 0. The van der Waals surface area contributed by atoms with E-state index < -0.39 is 0 Å². The van der Waals surface area contributed by atoms with E-state index in [-0.39, 0.29) is 5.91 Å². The minimum Gasteiger partial charge on any atom is -0.307 e. The van der Waals surface area contributed by atoms with Crippen molar-refractivity contribution >= 4 is 11.7 Å². The van der Waals surface area contributed by atoms with Gasteiger partial charge in [0.2, 0.25) is 0 Å². The van der Waals surface area contributed by atoms with Gasteiger partial charge < -0.3 is 5.32 Å². The number of aromatic nitrogens is 5. The first kappa shape index (κ1) is 16.5. The Morgan fingerprint density at radius 2 is 2.12 bits per heavy atom. The number of pyridine rings is 1. The Morgan fingerprint density at radius 1 is 1.27 bits per heavy atom. The molecule has 0 spiro atoms. The van der Waals surface area contributed by atoms with E-state index >= 15 is 0 Å². The summed E-state index contributed by atoms with van der Waals surface area (Å²) in [6, 6.07) is 5.66. The van der Waals surface area contributed by atoms with Crippen molar-refractivity contribution in [3.05, 3.63) is 48.0 Å². The normalized spacial score (nSPS) is 15.1. The Morgan fingerprint density at radius 3 is 2.88 bits per heavy atom. The third kappa shape index (κ3) is 3.24. The smallest absolute Gasteiger partial charge is 0.260 e. The molecule has 1 amide bonds. The van der Waals surface area contributed by atoms with Crippen LogP contribution in [0.3, 0.4) is 0 Å². The van der Waals surface area contributed by atoms with Gasteiger partial charge in [-0.3, -0.25) is 19.6 Å². The average Bonchev–Trinajstić information content (AvgIpc) is 3.31. The molecule has 0 aromatic carbocycles. The highest BCUT2D eigenvalue weighted by molar-refractivity contribution is 6.04. The van der Waals surface area contributed by atoms with Crippen LogP contribution in [0.4, 0.5) is 5.82 Å². The summed E-state index contributed by atoms with van der Waals surface area (Å²) in [5, 5.41) is 14.6. The lowest BCUT2D eigenvalue weighted by Gasteiger charge is -2.21. The third-order valence-electron chi connectivity index (χ3n) is 5.01. The molecule has 1 fully saturated rings. The molecule has 0 bridgehead atoms. The molecule has 0 atom stereocenters. The van der Waals surface area contributed by atoms with Crippen molar-refractivity contribution in [1.29, 1.82) is 0 Å². The number of anilines is 1. The number of nitrogens with one attached hydrogen (secondary N) is 2. The molecule has 134 valence electrons. The first-order valence-corrected chi connectivity index (χ1v) is 9.01. The van der Waals surface area contributed by atoms with E-state index in [1.54, 1.807) is 23.3 Å². The van der Waals surface area contributed by atoms with Crippen LogP contribution in [0, 0.1) is 0 Å². The molecule has 3 heterocycles. The minimum absolute atomic E-state index is 0.153. The van der Waals surface area contributed by atoms with Crippen molar-refractivity contribution in [2.24, 2.45) is 7.05 Å². The van der Waals surface area contributed by atoms with Gasteiger partial charge in [-0.15, -0.1) is 0 Å². The predicted octanol–water partition coefficient (Wildman–Crippen LogP) is 3.51. The fourth-order valence-corrected chi connectivity index (χ4v) is 3.60. The van der Waals surface area contributed by atoms with Crippen molar-refractivity contribution in [2.75, 3.05) is 5.32 Å². The Labute approximate surface area is 151 Å². The molecular formula is C19H22N6O. The lowest BCUT2D eigenvalue weighted by Crippen LogP contribution is -2.17. The number of rotatable bonds is 4. The van der Waals surface area contributed by atoms with Gasteiger partial charge in [-0.05, 0) is 25.0 Å². The quantitative estimate of drug-likeness (QED) is 0.754. The number of aryl methyl sites for hydroxylation is 1. The first-order valence-electron chi connectivity index (χ1n) is 9.01. The molecule has 7 heteroatoms. The van der Waals surface area contributed by atoms with E-state index in [0.29, 0.717) is 17.3 Å². The summed E-state index contributed by atoms with van der Waals surface area (Å²) in [6.07, 6.45) is 11.0. The maximum absolute atomic E-state index is 12.8. The largest absolute Gasteiger partial charge is 0.307 e. The van der Waals surface area contributed by atoms with Gasteiger partial charge in [0.1, 0.15) is 5.82 Å². The van der Waals surface area contributed by atoms with Gasteiger partial charge in [-0.2, -0.15) is 10.2 Å². The van der Waals surface area contributed by atoms with Gasteiger partial charge >= 0.3 is 0 Å². The predicted molar refractivity (Wildman–Crippen MR) is 98.8 cm³/mol. The lowest BCUT2D eigenvalue weighted by molar-refractivity contribution is 0.102. The zero-order valence-corrected chi connectivity index (χ0v) is 14.8. The lowest BCUT2D eigenvalue weighted by atomic mass is 9.85. The van der Waals surface area contributed by atoms with E-state index in [2.05, 4.69) is 25.6 Å². The van der Waals surface area contributed by atoms with E-state index in [9.17, 15) is 4.79 Å². The summed E-state index contributed by atoms with van der Waals surface area (Å²) < 4.78 is 1.67. The second kappa shape index (κ2) is 7.11. The van der Waals surface area contributed by atoms with Crippen LogP contribution in [0.15, 0.2) is 36.8 Å². The second-order valence-corrected chi connectivity index (χ2v) is 6.77. The van der Waals surface area contributed by atoms with Crippen LogP contribution >= 0.6 is 0 Å². The molecule has 7 nitrogen and oxygen atoms in total. The maximum atomic E-state index is 12.8. The number of carbonyl (C=O) groups excluding carboxylic acids is 1. The van der Waals surface area contributed by atoms with Crippen molar-refractivity contribution < 1.29 is 4.79 Å². The number of carbonyl (C=O) groups is 1. The molecule has 1 aliphatic rings. The third-order valence-corrected chi connectivity index (χ3v) is 5.01. The van der Waals surface area contributed by atoms with E-state index in [1.165, 1.54) is 19.3 Å². The number of aromatic amines is 1. The van der Waals surface area contributed by atoms with Crippen LogP contribution in [-0.2, 0) is 7.05 Å². The van der Waals surface area contributed by atoms with Gasteiger partial charge in [0.25, 0.3) is 5.91 Å². The second-order valence-electron chi connectivity index (χ2n) is 6.77. The van der Waals surface area contributed by atoms with E-state index in [4.69, 9.17) is 0 Å². The molecule has 4 rings (SSSR count). The molecule has 1 aliphatic carbocycles. The molecular weight excluding hydrogens is 328 g/mol. The van der Waals surface area contributed by atoms with Crippen LogP contribution in [0.1, 0.15) is 54.1 Å². The number of amides is 1. The summed E-state index contributed by atoms with van der Waals surface area (Å²) in [4.78, 5) is 16.9. The van der Waals surface area contributed by atoms with Crippen molar-refractivity contribution in [3.63, 3.8) is 0 Å². The maximum Gasteiger partial charge on any atom is 0.260 e. The van der Waals surface area contributed by atoms with E-state index in [0.717, 1.165) is 29.8 Å². The number of nitrogens with zero attached hydrogens (tertiary/aromatic N) is 4. The molecule has 0 radical (unpaired) electrons. The average molecular weight is 350 g/mol. The fourth-order valence-electron chi connectivity index (χ4n) is 3.60. The number of H-pyrrole nitrogens is 1. The minimum atomic E-state index is -0.153. The zero-order chi connectivity index (χ0) is 17.9. The first-order chi connectivity index (χ1) is 12.7. The summed E-state index contributed by atoms with van der Waals surface area (Å²) in [5.74, 6) is 0.884. The Hall–Kier alpha value is -2.96. The zero-order valence-electron chi connectivity index (χ0n) is 14.8. The molecule has 0 saturated heterocycles. The molecule has 1 saturated carbocycles. The van der Waals surface area contributed by atoms with Crippen molar-refractivity contribution in [2.45, 2.75) is 38.0 Å². The summed E-state index contributed by atoms with van der Waals surface area (Å²) in [7, 11) is 1.81. The SMILES string of the molecule is Cn1nc(-c2cccnc2)cc1NC(=O)c1cn[nH]c1C1CCCCC1. The standard InChI is InChI=1S/C19H22N6O/c1-25-17(10-16(24-25)14-8-5-9-20-11-14)22-19(26)15-12-21-23-18(15)13-6-3-2-4-7-13/h5,8-13H,2-4,6-7H2,1H3,(H,21,23)(H,22,26). The monoisotopic (exact) mass is 350 g/mol. The Kier molecular flexibility index (Phi) is 4.51. The highest BCUT2D eigenvalue weighted by atomic mass is 16.1. The van der Waals surface area contributed by atoms with Crippen LogP contribution in [0.25, 0.3) is 11.3 Å². The van der Waals surface area contributed by atoms with Gasteiger partial charge in [0.05, 0.1) is 23.1 Å². The number of hydrogen-bond acceptors (Lipinski definition) is 4. The van der Waals surface area contributed by atoms with Gasteiger partial charge in [0, 0.05) is 37.0 Å². The Bertz CT molecular complexity index is 892. The van der Waals surface area contributed by atoms with E-state index in [1.807, 2.05) is 25.2 Å². The Balaban J connectivity index is 1.54. The fraction of sp³-hybridized carbons (Fsp3) is 0.368. The van der Waals surface area contributed by atoms with Gasteiger partial charge in [-0.25, -0.2) is 0 Å². The van der Waals surface area contributed by atoms with Gasteiger partial charge in [-0.1, -0.05) is 19.3 Å². The van der Waals surface area contributed by atoms with Crippen LogP contribution in [-0.4, -0.2) is 30.9 Å². The number of hydrogen-bond donors (Lipinski definition) is 2. The summed E-state index contributed by atoms with van der Waals surface area (Å²) >= 11 is 0. The molecule has 3 aromatic heterocycles. The highest BCUT2D eigenvalue weighted by Gasteiger charge is 2.24.